The van der Waals surface area contributed by atoms with Crippen molar-refractivity contribution in [3.8, 4) is 11.5 Å². The van der Waals surface area contributed by atoms with Gasteiger partial charge in [0.1, 0.15) is 11.5 Å². The zero-order valence-electron chi connectivity index (χ0n) is 13.1. The van der Waals surface area contributed by atoms with Crippen molar-refractivity contribution in [2.24, 2.45) is 0 Å². The highest BCUT2D eigenvalue weighted by Crippen LogP contribution is 2.39. The molecule has 2 heterocycles. The Labute approximate surface area is 140 Å². The zero-order valence-corrected chi connectivity index (χ0v) is 13.9. The van der Waals surface area contributed by atoms with Crippen LogP contribution in [0.1, 0.15) is 22.8 Å². The molecule has 0 amide bonds. The lowest BCUT2D eigenvalue weighted by molar-refractivity contribution is 0.0843. The van der Waals surface area contributed by atoms with Crippen molar-refractivity contribution in [3.05, 3.63) is 52.3 Å². The van der Waals surface area contributed by atoms with E-state index in [0.717, 1.165) is 22.4 Å². The van der Waals surface area contributed by atoms with Gasteiger partial charge in [-0.3, -0.25) is 9.88 Å². The number of benzene rings is 1. The molecule has 6 heteroatoms. The van der Waals surface area contributed by atoms with Gasteiger partial charge in [0.05, 0.1) is 25.3 Å². The summed E-state index contributed by atoms with van der Waals surface area (Å²) in [7, 11) is 3.24. The van der Waals surface area contributed by atoms with Gasteiger partial charge in [-0.15, -0.1) is 0 Å². The van der Waals surface area contributed by atoms with Crippen LogP contribution in [0.2, 0.25) is 5.02 Å². The summed E-state index contributed by atoms with van der Waals surface area (Å²) in [4.78, 5) is 6.14. The molecule has 1 aliphatic heterocycles. The molecule has 23 heavy (non-hydrogen) atoms. The molecule has 0 radical (unpaired) electrons. The van der Waals surface area contributed by atoms with Crippen LogP contribution in [-0.2, 0) is 13.1 Å². The van der Waals surface area contributed by atoms with Gasteiger partial charge in [0, 0.05) is 43.2 Å². The van der Waals surface area contributed by atoms with Crippen molar-refractivity contribution in [1.29, 1.82) is 0 Å². The molecule has 1 aromatic carbocycles. The van der Waals surface area contributed by atoms with E-state index in [2.05, 4.69) is 9.88 Å². The first-order valence-corrected chi connectivity index (χ1v) is 7.74. The van der Waals surface area contributed by atoms with Crippen molar-refractivity contribution < 1.29 is 14.6 Å². The average Bonchev–Trinajstić information content (AvgIpc) is 2.56. The Kier molecular flexibility index (Phi) is 4.71. The van der Waals surface area contributed by atoms with Gasteiger partial charge >= 0.3 is 0 Å². The van der Waals surface area contributed by atoms with Crippen LogP contribution in [-0.4, -0.2) is 35.8 Å². The molecular formula is C17H19ClN2O3. The molecule has 0 spiro atoms. The Balaban J connectivity index is 1.92. The van der Waals surface area contributed by atoms with Gasteiger partial charge in [-0.1, -0.05) is 11.6 Å². The minimum absolute atomic E-state index is 0.509. The second-order valence-electron chi connectivity index (χ2n) is 5.51. The third-order valence-electron chi connectivity index (χ3n) is 4.11. The van der Waals surface area contributed by atoms with Crippen LogP contribution < -0.4 is 9.47 Å². The summed E-state index contributed by atoms with van der Waals surface area (Å²) in [6, 6.07) is 5.59. The fourth-order valence-electron chi connectivity index (χ4n) is 3.04. The van der Waals surface area contributed by atoms with Crippen LogP contribution >= 0.6 is 11.6 Å². The molecule has 1 aromatic heterocycles. The molecule has 0 fully saturated rings. The van der Waals surface area contributed by atoms with Crippen molar-refractivity contribution >= 4 is 11.6 Å². The van der Waals surface area contributed by atoms with Gasteiger partial charge in [-0.25, -0.2) is 0 Å². The summed E-state index contributed by atoms with van der Waals surface area (Å²) in [5, 5.41) is 11.2. The number of hydrogen-bond acceptors (Lipinski definition) is 5. The number of β-amino-alcohol motifs (C(OH)–C–C–N with tert-alkyl or cyclic N) is 1. The number of halogens is 1. The predicted octanol–water partition coefficient (Wildman–Crippen LogP) is 2.80. The quantitative estimate of drug-likeness (QED) is 0.931. The maximum atomic E-state index is 10.6. The third-order valence-corrected chi connectivity index (χ3v) is 4.45. The number of nitrogens with zero attached hydrogens (tertiary/aromatic N) is 2. The van der Waals surface area contributed by atoms with Gasteiger partial charge in [-0.05, 0) is 23.8 Å². The lowest BCUT2D eigenvalue weighted by Gasteiger charge is -2.34. The van der Waals surface area contributed by atoms with E-state index in [1.54, 1.807) is 26.6 Å². The molecule has 5 nitrogen and oxygen atoms in total. The maximum Gasteiger partial charge on any atom is 0.125 e. The SMILES string of the molecule is COc1ccc(OC)c2c1CN(Cc1ccncc1Cl)C[C@H]2O. The van der Waals surface area contributed by atoms with Gasteiger partial charge in [0.25, 0.3) is 0 Å². The fraction of sp³-hybridized carbons (Fsp3) is 0.353. The number of ether oxygens (including phenoxy) is 2. The summed E-state index contributed by atoms with van der Waals surface area (Å²) in [6.07, 6.45) is 2.72. The third kappa shape index (κ3) is 3.13. The van der Waals surface area contributed by atoms with Crippen LogP contribution in [0.25, 0.3) is 0 Å². The molecule has 0 unspecified atom stereocenters. The summed E-state index contributed by atoms with van der Waals surface area (Å²) in [6.45, 7) is 1.80. The molecule has 2 aromatic rings. The van der Waals surface area contributed by atoms with Crippen LogP contribution in [0.4, 0.5) is 0 Å². The number of hydrogen-bond donors (Lipinski definition) is 1. The van der Waals surface area contributed by atoms with E-state index in [0.29, 0.717) is 30.4 Å². The van der Waals surface area contributed by atoms with Crippen molar-refractivity contribution in [2.45, 2.75) is 19.2 Å². The number of aliphatic hydroxyl groups excluding tert-OH is 1. The van der Waals surface area contributed by atoms with Gasteiger partial charge < -0.3 is 14.6 Å². The summed E-state index contributed by atoms with van der Waals surface area (Å²) in [5.41, 5.74) is 2.75. The van der Waals surface area contributed by atoms with E-state index >= 15 is 0 Å². The number of fused-ring (bicyclic) bond motifs is 1. The number of aromatic nitrogens is 1. The molecule has 0 aliphatic carbocycles. The minimum atomic E-state index is -0.635. The normalized spacial score (nSPS) is 17.7. The molecule has 1 N–H and O–H groups in total. The van der Waals surface area contributed by atoms with E-state index in [1.807, 2.05) is 18.2 Å². The number of pyridine rings is 1. The smallest absolute Gasteiger partial charge is 0.125 e. The Hall–Kier alpha value is -1.82. The van der Waals surface area contributed by atoms with E-state index in [1.165, 1.54) is 0 Å². The Morgan fingerprint density at radius 2 is 2.00 bits per heavy atom. The average molecular weight is 335 g/mol. The Bertz CT molecular complexity index is 708. The minimum Gasteiger partial charge on any atom is -0.496 e. The van der Waals surface area contributed by atoms with Crippen LogP contribution in [0.5, 0.6) is 11.5 Å². The maximum absolute atomic E-state index is 10.6. The van der Waals surface area contributed by atoms with Gasteiger partial charge in [0.15, 0.2) is 0 Å². The Morgan fingerprint density at radius 1 is 1.26 bits per heavy atom. The molecular weight excluding hydrogens is 316 g/mol. The van der Waals surface area contributed by atoms with Crippen LogP contribution in [0, 0.1) is 0 Å². The zero-order chi connectivity index (χ0) is 16.4. The lowest BCUT2D eigenvalue weighted by atomic mass is 9.95. The molecule has 0 saturated heterocycles. The van der Waals surface area contributed by atoms with E-state index < -0.39 is 6.10 Å². The van der Waals surface area contributed by atoms with E-state index in [9.17, 15) is 5.11 Å². The van der Waals surface area contributed by atoms with Crippen molar-refractivity contribution in [2.75, 3.05) is 20.8 Å². The van der Waals surface area contributed by atoms with Crippen LogP contribution in [0.15, 0.2) is 30.6 Å². The highest BCUT2D eigenvalue weighted by Gasteiger charge is 2.29. The first-order chi connectivity index (χ1) is 11.1. The van der Waals surface area contributed by atoms with Crippen LogP contribution in [0.3, 0.4) is 0 Å². The highest BCUT2D eigenvalue weighted by atomic mass is 35.5. The lowest BCUT2D eigenvalue weighted by Crippen LogP contribution is -2.33. The van der Waals surface area contributed by atoms with Crippen molar-refractivity contribution in [3.63, 3.8) is 0 Å². The molecule has 0 saturated carbocycles. The number of rotatable bonds is 4. The van der Waals surface area contributed by atoms with Gasteiger partial charge in [-0.2, -0.15) is 0 Å². The topological polar surface area (TPSA) is 54.8 Å². The standard InChI is InChI=1S/C17H19ClN2O3/c1-22-15-3-4-16(23-2)17-12(15)9-20(10-14(17)21)8-11-5-6-19-7-13(11)18/h3-7,14,21H,8-10H2,1-2H3/t14-/m1/s1. The summed E-state index contributed by atoms with van der Waals surface area (Å²) < 4.78 is 10.8. The second kappa shape index (κ2) is 6.74. The van der Waals surface area contributed by atoms with E-state index in [-0.39, 0.29) is 0 Å². The van der Waals surface area contributed by atoms with Crippen molar-refractivity contribution in [1.82, 2.24) is 9.88 Å². The predicted molar refractivity (Wildman–Crippen MR) is 87.9 cm³/mol. The molecule has 1 atom stereocenters. The first-order valence-electron chi connectivity index (χ1n) is 7.36. The molecule has 0 bridgehead atoms. The fourth-order valence-corrected chi connectivity index (χ4v) is 3.22. The van der Waals surface area contributed by atoms with E-state index in [4.69, 9.17) is 21.1 Å². The Morgan fingerprint density at radius 3 is 2.70 bits per heavy atom. The second-order valence-corrected chi connectivity index (χ2v) is 5.92. The molecule has 122 valence electrons. The molecule has 3 rings (SSSR count). The van der Waals surface area contributed by atoms with Gasteiger partial charge in [0.2, 0.25) is 0 Å². The number of methoxy groups -OCH3 is 2. The highest BCUT2D eigenvalue weighted by molar-refractivity contribution is 6.31. The first kappa shape index (κ1) is 16.1. The molecule has 1 aliphatic rings. The number of aliphatic hydroxyl groups is 1. The largest absolute Gasteiger partial charge is 0.496 e. The summed E-state index contributed by atoms with van der Waals surface area (Å²) >= 11 is 6.19. The monoisotopic (exact) mass is 334 g/mol. The summed E-state index contributed by atoms with van der Waals surface area (Å²) in [5.74, 6) is 1.44.